The zero-order valence-electron chi connectivity index (χ0n) is 16.4. The van der Waals surface area contributed by atoms with Crippen LogP contribution in [-0.2, 0) is 17.9 Å². The molecule has 0 radical (unpaired) electrons. The van der Waals surface area contributed by atoms with Gasteiger partial charge in [0.15, 0.2) is 5.16 Å². The van der Waals surface area contributed by atoms with Gasteiger partial charge in [0.25, 0.3) is 0 Å². The second-order valence-corrected chi connectivity index (χ2v) is 8.31. The molecule has 2 aromatic rings. The van der Waals surface area contributed by atoms with E-state index in [1.54, 1.807) is 21.6 Å². The van der Waals surface area contributed by atoms with Gasteiger partial charge in [-0.25, -0.2) is 14.3 Å². The molecule has 1 fully saturated rings. The van der Waals surface area contributed by atoms with Crippen molar-refractivity contribution in [1.29, 1.82) is 0 Å². The van der Waals surface area contributed by atoms with E-state index in [2.05, 4.69) is 22.0 Å². The Balaban J connectivity index is 1.49. The normalized spacial score (nSPS) is 15.1. The fourth-order valence-electron chi connectivity index (χ4n) is 3.21. The molecular weight excluding hydrogens is 417 g/mol. The fourth-order valence-corrected chi connectivity index (χ4v) is 4.30. The standard InChI is InChI=1S/C19H25ClFN5O2S/c1-2-3-7-26-18(28)22-23-19(26)29-13-17(27)25-10-8-24(9-11-25)12-14-15(20)5-4-6-16(14)21/h4-6H,2-3,7-13H2,1H3,(H,22,28). The van der Waals surface area contributed by atoms with Gasteiger partial charge in [-0.05, 0) is 18.6 Å². The Morgan fingerprint density at radius 3 is 2.76 bits per heavy atom. The summed E-state index contributed by atoms with van der Waals surface area (Å²) in [6.07, 6.45) is 1.86. The molecular formula is C19H25ClFN5O2S. The van der Waals surface area contributed by atoms with Crippen molar-refractivity contribution in [3.63, 3.8) is 0 Å². The van der Waals surface area contributed by atoms with Crippen LogP contribution in [0.2, 0.25) is 5.02 Å². The fraction of sp³-hybridized carbons (Fsp3) is 0.526. The van der Waals surface area contributed by atoms with Crippen LogP contribution in [0.4, 0.5) is 4.39 Å². The Labute approximate surface area is 178 Å². The number of nitrogens with one attached hydrogen (secondary N) is 1. The van der Waals surface area contributed by atoms with Crippen molar-refractivity contribution < 1.29 is 9.18 Å². The molecule has 0 unspecified atom stereocenters. The molecule has 0 aliphatic carbocycles. The molecule has 158 valence electrons. The highest BCUT2D eigenvalue weighted by molar-refractivity contribution is 7.99. The van der Waals surface area contributed by atoms with Crippen LogP contribution in [0.5, 0.6) is 0 Å². The molecule has 0 saturated carbocycles. The molecule has 2 heterocycles. The number of H-pyrrole nitrogens is 1. The summed E-state index contributed by atoms with van der Waals surface area (Å²) in [5.41, 5.74) is 0.252. The van der Waals surface area contributed by atoms with Gasteiger partial charge in [-0.1, -0.05) is 42.8 Å². The van der Waals surface area contributed by atoms with Crippen LogP contribution in [0.1, 0.15) is 25.3 Å². The lowest BCUT2D eigenvalue weighted by Crippen LogP contribution is -2.48. The quantitative estimate of drug-likeness (QED) is 0.637. The zero-order valence-corrected chi connectivity index (χ0v) is 17.9. The number of aromatic amines is 1. The molecule has 1 aliphatic rings. The van der Waals surface area contributed by atoms with E-state index in [-0.39, 0.29) is 23.2 Å². The van der Waals surface area contributed by atoms with Crippen molar-refractivity contribution in [3.8, 4) is 0 Å². The number of amides is 1. The Kier molecular flexibility index (Phi) is 7.74. The summed E-state index contributed by atoms with van der Waals surface area (Å²) in [5, 5.41) is 7.44. The first kappa shape index (κ1) is 21.9. The summed E-state index contributed by atoms with van der Waals surface area (Å²) < 4.78 is 15.6. The first-order valence-electron chi connectivity index (χ1n) is 9.70. The van der Waals surface area contributed by atoms with Crippen LogP contribution in [0.25, 0.3) is 0 Å². The highest BCUT2D eigenvalue weighted by Gasteiger charge is 2.23. The molecule has 10 heteroatoms. The summed E-state index contributed by atoms with van der Waals surface area (Å²) in [6.45, 7) is 5.55. The topological polar surface area (TPSA) is 74.2 Å². The average molecular weight is 442 g/mol. The van der Waals surface area contributed by atoms with E-state index < -0.39 is 0 Å². The SMILES string of the molecule is CCCCn1c(SCC(=O)N2CCN(Cc3c(F)cccc3Cl)CC2)n[nH]c1=O. The van der Waals surface area contributed by atoms with E-state index in [0.717, 1.165) is 12.8 Å². The molecule has 3 rings (SSSR count). The zero-order chi connectivity index (χ0) is 20.8. The van der Waals surface area contributed by atoms with Crippen LogP contribution in [0.3, 0.4) is 0 Å². The number of aromatic nitrogens is 3. The summed E-state index contributed by atoms with van der Waals surface area (Å²) in [7, 11) is 0. The third kappa shape index (κ3) is 5.61. The van der Waals surface area contributed by atoms with Crippen molar-refractivity contribution in [1.82, 2.24) is 24.6 Å². The second kappa shape index (κ2) is 10.3. The van der Waals surface area contributed by atoms with E-state index in [9.17, 15) is 14.0 Å². The van der Waals surface area contributed by atoms with Gasteiger partial charge in [0.2, 0.25) is 5.91 Å². The van der Waals surface area contributed by atoms with E-state index in [1.807, 2.05) is 0 Å². The Morgan fingerprint density at radius 1 is 1.31 bits per heavy atom. The minimum Gasteiger partial charge on any atom is -0.339 e. The van der Waals surface area contributed by atoms with Gasteiger partial charge in [-0.15, -0.1) is 5.10 Å². The first-order valence-corrected chi connectivity index (χ1v) is 11.1. The molecule has 1 aliphatic heterocycles. The Hall–Kier alpha value is -1.84. The van der Waals surface area contributed by atoms with Gasteiger partial charge in [0.05, 0.1) is 5.75 Å². The predicted molar refractivity (Wildman–Crippen MR) is 112 cm³/mol. The van der Waals surface area contributed by atoms with Crippen LogP contribution in [-0.4, -0.2) is 62.4 Å². The summed E-state index contributed by atoms with van der Waals surface area (Å²) in [5.74, 6) is -0.0631. The van der Waals surface area contributed by atoms with Crippen LogP contribution in [0, 0.1) is 5.82 Å². The van der Waals surface area contributed by atoms with Gasteiger partial charge in [-0.2, -0.15) is 0 Å². The summed E-state index contributed by atoms with van der Waals surface area (Å²) >= 11 is 7.38. The number of carbonyl (C=O) groups excluding carboxylic acids is 1. The number of thioether (sulfide) groups is 1. The Morgan fingerprint density at radius 2 is 2.07 bits per heavy atom. The smallest absolute Gasteiger partial charge is 0.339 e. The maximum atomic E-state index is 14.0. The van der Waals surface area contributed by atoms with E-state index in [4.69, 9.17) is 11.6 Å². The van der Waals surface area contributed by atoms with Crippen LogP contribution < -0.4 is 5.69 Å². The Bertz CT molecular complexity index is 875. The van der Waals surface area contributed by atoms with Crippen molar-refractivity contribution in [2.24, 2.45) is 0 Å². The number of piperazine rings is 1. The molecule has 0 atom stereocenters. The highest BCUT2D eigenvalue weighted by atomic mass is 35.5. The lowest BCUT2D eigenvalue weighted by atomic mass is 10.2. The summed E-state index contributed by atoms with van der Waals surface area (Å²) in [4.78, 5) is 28.3. The lowest BCUT2D eigenvalue weighted by Gasteiger charge is -2.34. The summed E-state index contributed by atoms with van der Waals surface area (Å²) in [6, 6.07) is 4.69. The van der Waals surface area contributed by atoms with Crippen LogP contribution in [0.15, 0.2) is 28.2 Å². The maximum absolute atomic E-state index is 14.0. The minimum atomic E-state index is -0.305. The maximum Gasteiger partial charge on any atom is 0.343 e. The minimum absolute atomic E-state index is 0.0102. The van der Waals surface area contributed by atoms with Crippen molar-refractivity contribution >= 4 is 29.3 Å². The van der Waals surface area contributed by atoms with E-state index >= 15 is 0 Å². The predicted octanol–water partition coefficient (Wildman–Crippen LogP) is 2.60. The molecule has 29 heavy (non-hydrogen) atoms. The molecule has 1 aromatic carbocycles. The van der Waals surface area contributed by atoms with E-state index in [0.29, 0.717) is 55.0 Å². The molecule has 1 aromatic heterocycles. The third-order valence-corrected chi connectivity index (χ3v) is 6.27. The molecule has 0 spiro atoms. The number of carbonyl (C=O) groups is 1. The number of nitrogens with zero attached hydrogens (tertiary/aromatic N) is 4. The number of halogens is 2. The molecule has 1 amide bonds. The molecule has 7 nitrogen and oxygen atoms in total. The van der Waals surface area contributed by atoms with Gasteiger partial charge >= 0.3 is 5.69 Å². The van der Waals surface area contributed by atoms with Crippen LogP contribution >= 0.6 is 23.4 Å². The van der Waals surface area contributed by atoms with Gasteiger partial charge in [-0.3, -0.25) is 14.3 Å². The molecule has 1 N–H and O–H groups in total. The lowest BCUT2D eigenvalue weighted by molar-refractivity contribution is -0.130. The van der Waals surface area contributed by atoms with Gasteiger partial charge in [0.1, 0.15) is 5.82 Å². The molecule has 0 bridgehead atoms. The van der Waals surface area contributed by atoms with Crippen molar-refractivity contribution in [3.05, 3.63) is 45.1 Å². The van der Waals surface area contributed by atoms with Gasteiger partial charge < -0.3 is 4.90 Å². The largest absolute Gasteiger partial charge is 0.343 e. The number of hydrogen-bond donors (Lipinski definition) is 1. The number of rotatable bonds is 8. The van der Waals surface area contributed by atoms with Crippen molar-refractivity contribution in [2.45, 2.75) is 38.0 Å². The third-order valence-electron chi connectivity index (χ3n) is 4.95. The number of benzene rings is 1. The molecule has 1 saturated heterocycles. The highest BCUT2D eigenvalue weighted by Crippen LogP contribution is 2.22. The van der Waals surface area contributed by atoms with Gasteiger partial charge in [0, 0.05) is 49.9 Å². The van der Waals surface area contributed by atoms with Crippen molar-refractivity contribution in [2.75, 3.05) is 31.9 Å². The average Bonchev–Trinajstić information content (AvgIpc) is 3.07. The first-order chi connectivity index (χ1) is 14.0. The monoisotopic (exact) mass is 441 g/mol. The second-order valence-electron chi connectivity index (χ2n) is 6.96. The number of unbranched alkanes of at least 4 members (excludes halogenated alkanes) is 1. The van der Waals surface area contributed by atoms with E-state index in [1.165, 1.54) is 17.8 Å². The number of hydrogen-bond acceptors (Lipinski definition) is 5.